The van der Waals surface area contributed by atoms with Crippen molar-refractivity contribution in [2.24, 2.45) is 23.2 Å². The second kappa shape index (κ2) is 21.1. The summed E-state index contributed by atoms with van der Waals surface area (Å²) in [6.07, 6.45) is 9.53. The summed E-state index contributed by atoms with van der Waals surface area (Å²) in [5.74, 6) is -2.45. The molecule has 5 nitrogen and oxygen atoms in total. The quantitative estimate of drug-likeness (QED) is 0.0445. The van der Waals surface area contributed by atoms with Crippen molar-refractivity contribution < 1.29 is 45.6 Å². The number of hydrogen-bond donors (Lipinski definition) is 1. The van der Waals surface area contributed by atoms with E-state index in [0.717, 1.165) is 96.2 Å². The highest BCUT2D eigenvalue weighted by Gasteiger charge is 2.56. The third kappa shape index (κ3) is 13.8. The molecule has 6 atom stereocenters. The van der Waals surface area contributed by atoms with Crippen molar-refractivity contribution in [3.63, 3.8) is 0 Å². The Labute approximate surface area is 304 Å². The maximum absolute atomic E-state index is 13.0. The first kappa shape index (κ1) is 43.5. The van der Waals surface area contributed by atoms with Crippen LogP contribution in [0.3, 0.4) is 0 Å². The summed E-state index contributed by atoms with van der Waals surface area (Å²) in [6, 6.07) is 6.06. The molecule has 0 bridgehead atoms. The van der Waals surface area contributed by atoms with E-state index in [0.29, 0.717) is 48.5 Å². The molecular weight excluding hydrogens is 687 g/mol. The van der Waals surface area contributed by atoms with Gasteiger partial charge in [0.2, 0.25) is 0 Å². The standard InChI is InChI=1S/C40H61F5O5S/c1-30-32(16-9-6-4-3-5-7-13-26-51(49)27-14-11-24-39(41,42)40(43,44)45)28-33-29-34(50-37(48)18-10-8-12-25-46)20-19-31(33)17-15-23-38(2)35(30)21-22-36(38)47/h19-20,25,29-30,32,35-36,47H,3-18,21-24,26-28H2,1-2H3/t30-,32+,35?,36-,38-,51?/m0/s1. The third-order valence-corrected chi connectivity index (χ3v) is 13.2. The summed E-state index contributed by atoms with van der Waals surface area (Å²) >= 11 is 0. The van der Waals surface area contributed by atoms with Crippen LogP contribution in [0, 0.1) is 23.2 Å². The lowest BCUT2D eigenvalue weighted by Gasteiger charge is -2.42. The van der Waals surface area contributed by atoms with Gasteiger partial charge in [-0.3, -0.25) is 9.00 Å². The second-order valence-corrected chi connectivity index (χ2v) is 17.2. The zero-order valence-electron chi connectivity index (χ0n) is 30.8. The summed E-state index contributed by atoms with van der Waals surface area (Å²) in [4.78, 5) is 23.1. The minimum Gasteiger partial charge on any atom is -0.427 e. The van der Waals surface area contributed by atoms with Crippen LogP contribution in [0.1, 0.15) is 147 Å². The van der Waals surface area contributed by atoms with E-state index in [9.17, 15) is 40.9 Å². The van der Waals surface area contributed by atoms with Crippen LogP contribution in [0.4, 0.5) is 22.0 Å². The van der Waals surface area contributed by atoms with E-state index in [4.69, 9.17) is 4.74 Å². The lowest BCUT2D eigenvalue weighted by Crippen LogP contribution is -2.38. The van der Waals surface area contributed by atoms with Crippen molar-refractivity contribution in [1.29, 1.82) is 0 Å². The first-order valence-electron chi connectivity index (χ1n) is 19.4. The van der Waals surface area contributed by atoms with Gasteiger partial charge in [0.05, 0.1) is 6.10 Å². The first-order valence-corrected chi connectivity index (χ1v) is 20.9. The highest BCUT2D eigenvalue weighted by molar-refractivity contribution is 7.84. The lowest BCUT2D eigenvalue weighted by molar-refractivity contribution is -0.284. The van der Waals surface area contributed by atoms with Crippen LogP contribution in [0.25, 0.3) is 0 Å². The van der Waals surface area contributed by atoms with Gasteiger partial charge in [-0.05, 0) is 123 Å². The number of carbonyl (C=O) groups is 2. The fourth-order valence-electron chi connectivity index (χ4n) is 8.47. The molecule has 11 heteroatoms. The number of carbonyl (C=O) groups excluding carboxylic acids is 2. The summed E-state index contributed by atoms with van der Waals surface area (Å²) in [7, 11) is -1.20. The van der Waals surface area contributed by atoms with E-state index in [1.54, 1.807) is 0 Å². The van der Waals surface area contributed by atoms with Gasteiger partial charge in [0, 0.05) is 41.6 Å². The molecule has 292 valence electrons. The van der Waals surface area contributed by atoms with Gasteiger partial charge in [-0.2, -0.15) is 22.0 Å². The molecule has 3 rings (SSSR count). The Morgan fingerprint density at radius 3 is 2.29 bits per heavy atom. The molecule has 0 saturated heterocycles. The predicted molar refractivity (Wildman–Crippen MR) is 192 cm³/mol. The van der Waals surface area contributed by atoms with E-state index in [1.165, 1.54) is 11.1 Å². The topological polar surface area (TPSA) is 80.7 Å². The van der Waals surface area contributed by atoms with Crippen molar-refractivity contribution in [2.75, 3.05) is 11.5 Å². The third-order valence-electron chi connectivity index (χ3n) is 11.7. The minimum atomic E-state index is -5.53. The fourth-order valence-corrected chi connectivity index (χ4v) is 9.72. The molecule has 0 aliphatic heterocycles. The van der Waals surface area contributed by atoms with Crippen LogP contribution < -0.4 is 4.74 Å². The molecule has 1 aromatic carbocycles. The van der Waals surface area contributed by atoms with Crippen molar-refractivity contribution in [3.05, 3.63) is 29.3 Å². The molecule has 0 spiro atoms. The number of esters is 1. The zero-order chi connectivity index (χ0) is 37.5. The molecule has 0 heterocycles. The average molecular weight is 749 g/mol. The molecule has 1 aromatic rings. The van der Waals surface area contributed by atoms with Crippen molar-refractivity contribution in [3.8, 4) is 5.75 Å². The van der Waals surface area contributed by atoms with E-state index in [2.05, 4.69) is 26.0 Å². The maximum atomic E-state index is 13.0. The molecule has 0 radical (unpaired) electrons. The first-order chi connectivity index (χ1) is 24.2. The van der Waals surface area contributed by atoms with Crippen molar-refractivity contribution in [1.82, 2.24) is 0 Å². The number of fused-ring (bicyclic) bond motifs is 2. The number of ether oxygens (including phenoxy) is 1. The van der Waals surface area contributed by atoms with Gasteiger partial charge < -0.3 is 14.6 Å². The Balaban J connectivity index is 1.46. The number of unbranched alkanes of at least 4 members (excludes halogenated alkanes) is 9. The van der Waals surface area contributed by atoms with Crippen LogP contribution in [-0.4, -0.2) is 51.3 Å². The molecule has 1 N–H and O–H groups in total. The van der Waals surface area contributed by atoms with Gasteiger partial charge in [-0.25, -0.2) is 0 Å². The molecule has 51 heavy (non-hydrogen) atoms. The van der Waals surface area contributed by atoms with Crippen LogP contribution in [0.2, 0.25) is 0 Å². The van der Waals surface area contributed by atoms with E-state index in [-0.39, 0.29) is 42.5 Å². The van der Waals surface area contributed by atoms with Crippen LogP contribution in [-0.2, 0) is 33.2 Å². The normalized spacial score (nSPS) is 24.8. The van der Waals surface area contributed by atoms with Gasteiger partial charge in [0.15, 0.2) is 0 Å². The van der Waals surface area contributed by atoms with Crippen molar-refractivity contribution >= 4 is 23.1 Å². The Morgan fingerprint density at radius 2 is 1.61 bits per heavy atom. The van der Waals surface area contributed by atoms with E-state index < -0.39 is 29.3 Å². The van der Waals surface area contributed by atoms with Crippen molar-refractivity contribution in [2.45, 2.75) is 167 Å². The maximum Gasteiger partial charge on any atom is 0.453 e. The Hall–Kier alpha value is -1.88. The SMILES string of the molecule is C[C@@H]1C2CC[C@H](O)[C@@]2(C)CCCc2ccc(OC(=O)CCCCC=O)cc2C[C@H]1CCCCCCCCCS(=O)CCCCC(F)(F)C(F)(F)F. The molecule has 2 aliphatic carbocycles. The number of alkyl halides is 5. The van der Waals surface area contributed by atoms with Crippen LogP contribution in [0.5, 0.6) is 5.75 Å². The van der Waals surface area contributed by atoms with Crippen LogP contribution >= 0.6 is 0 Å². The number of halogens is 5. The number of aryl methyl sites for hydroxylation is 1. The highest BCUT2D eigenvalue weighted by Crippen LogP contribution is 2.53. The van der Waals surface area contributed by atoms with Gasteiger partial charge in [-0.15, -0.1) is 0 Å². The second-order valence-electron chi connectivity index (χ2n) is 15.5. The molecule has 1 saturated carbocycles. The smallest absolute Gasteiger partial charge is 0.427 e. The molecule has 2 unspecified atom stereocenters. The highest BCUT2D eigenvalue weighted by atomic mass is 32.2. The monoisotopic (exact) mass is 748 g/mol. The van der Waals surface area contributed by atoms with E-state index >= 15 is 0 Å². The number of rotatable bonds is 21. The zero-order valence-corrected chi connectivity index (χ0v) is 31.6. The Kier molecular flexibility index (Phi) is 18.0. The van der Waals surface area contributed by atoms with Gasteiger partial charge in [0.1, 0.15) is 12.0 Å². The summed E-state index contributed by atoms with van der Waals surface area (Å²) in [5.41, 5.74) is 2.45. The molecule has 0 aromatic heterocycles. The van der Waals surface area contributed by atoms with Gasteiger partial charge >= 0.3 is 18.1 Å². The number of aldehydes is 1. The van der Waals surface area contributed by atoms with Gasteiger partial charge in [-0.1, -0.05) is 58.4 Å². The lowest BCUT2D eigenvalue weighted by atomic mass is 9.64. The Bertz CT molecular complexity index is 1240. The molecular formula is C40H61F5O5S. The fraction of sp³-hybridized carbons (Fsp3) is 0.800. The number of aliphatic hydroxyl groups is 1. The number of benzene rings is 1. The molecule has 1 fully saturated rings. The summed E-state index contributed by atoms with van der Waals surface area (Å²) < 4.78 is 80.7. The van der Waals surface area contributed by atoms with E-state index in [1.807, 2.05) is 6.07 Å². The van der Waals surface area contributed by atoms with Crippen LogP contribution in [0.15, 0.2) is 18.2 Å². The van der Waals surface area contributed by atoms with Gasteiger partial charge in [0.25, 0.3) is 0 Å². The molecule has 0 amide bonds. The number of aliphatic hydroxyl groups excluding tert-OH is 1. The molecule has 2 aliphatic rings. The summed E-state index contributed by atoms with van der Waals surface area (Å²) in [6.45, 7) is 4.66. The Morgan fingerprint density at radius 1 is 0.941 bits per heavy atom. The average Bonchev–Trinajstić information content (AvgIpc) is 3.36. The number of hydrogen-bond acceptors (Lipinski definition) is 5. The largest absolute Gasteiger partial charge is 0.453 e. The minimum absolute atomic E-state index is 0.0834. The summed E-state index contributed by atoms with van der Waals surface area (Å²) in [5, 5.41) is 11.1. The predicted octanol–water partition coefficient (Wildman–Crippen LogP) is 10.5.